The largest absolute Gasteiger partial charge is 0.490 e. The minimum absolute atomic E-state index is 0.0862. The number of esters is 1. The lowest BCUT2D eigenvalue weighted by molar-refractivity contribution is -0.139. The molecule has 33 heavy (non-hydrogen) atoms. The second-order valence-electron chi connectivity index (χ2n) is 7.20. The highest BCUT2D eigenvalue weighted by Crippen LogP contribution is 2.29. The highest BCUT2D eigenvalue weighted by molar-refractivity contribution is 7.23. The molecule has 0 bridgehead atoms. The van der Waals surface area contributed by atoms with E-state index in [9.17, 15) is 9.59 Å². The van der Waals surface area contributed by atoms with E-state index < -0.39 is 5.97 Å². The monoisotopic (exact) mass is 464 g/mol. The van der Waals surface area contributed by atoms with Crippen LogP contribution in [-0.2, 0) is 16.1 Å². The average molecular weight is 465 g/mol. The first-order valence-corrected chi connectivity index (χ1v) is 11.6. The molecule has 2 aromatic carbocycles. The van der Waals surface area contributed by atoms with Crippen LogP contribution in [-0.4, -0.2) is 28.6 Å². The van der Waals surface area contributed by atoms with Crippen LogP contribution < -0.4 is 15.0 Å². The SMILES string of the molecule is CCCOc1ccc(/C=C/C(=O)OCc2cc(=O)n3c(n2)sc2ccccc23)cc1OCC. The fourth-order valence-electron chi connectivity index (χ4n) is 3.28. The Kier molecular flexibility index (Phi) is 7.04. The summed E-state index contributed by atoms with van der Waals surface area (Å²) in [6.07, 6.45) is 3.88. The van der Waals surface area contributed by atoms with Gasteiger partial charge in [0.25, 0.3) is 5.56 Å². The molecule has 4 aromatic rings. The Morgan fingerprint density at radius 1 is 1.09 bits per heavy atom. The van der Waals surface area contributed by atoms with Crippen molar-refractivity contribution in [3.63, 3.8) is 0 Å². The lowest BCUT2D eigenvalue weighted by Gasteiger charge is -2.12. The molecule has 0 atom stereocenters. The maximum absolute atomic E-state index is 12.6. The van der Waals surface area contributed by atoms with Gasteiger partial charge >= 0.3 is 5.97 Å². The number of rotatable bonds is 9. The Morgan fingerprint density at radius 2 is 1.94 bits per heavy atom. The van der Waals surface area contributed by atoms with E-state index in [1.807, 2.05) is 56.3 Å². The molecule has 2 aromatic heterocycles. The number of ether oxygens (including phenoxy) is 3. The van der Waals surface area contributed by atoms with Crippen molar-refractivity contribution in [2.75, 3.05) is 13.2 Å². The third-order valence-corrected chi connectivity index (χ3v) is 5.77. The zero-order valence-corrected chi connectivity index (χ0v) is 19.3. The molecule has 0 aliphatic heterocycles. The molecular formula is C25H24N2O5S. The number of thiazole rings is 1. The van der Waals surface area contributed by atoms with Gasteiger partial charge in [0.1, 0.15) is 6.61 Å². The maximum Gasteiger partial charge on any atom is 0.331 e. The van der Waals surface area contributed by atoms with Crippen molar-refractivity contribution in [1.29, 1.82) is 0 Å². The Hall–Kier alpha value is -3.65. The van der Waals surface area contributed by atoms with Gasteiger partial charge in [-0.05, 0) is 49.2 Å². The Morgan fingerprint density at radius 3 is 2.76 bits per heavy atom. The molecule has 0 unspecified atom stereocenters. The van der Waals surface area contributed by atoms with E-state index in [2.05, 4.69) is 4.98 Å². The highest BCUT2D eigenvalue weighted by atomic mass is 32.1. The molecule has 0 saturated heterocycles. The van der Waals surface area contributed by atoms with E-state index in [-0.39, 0.29) is 12.2 Å². The minimum Gasteiger partial charge on any atom is -0.490 e. The van der Waals surface area contributed by atoms with Crippen molar-refractivity contribution in [2.24, 2.45) is 0 Å². The van der Waals surface area contributed by atoms with Gasteiger partial charge in [-0.1, -0.05) is 36.5 Å². The van der Waals surface area contributed by atoms with Crippen LogP contribution >= 0.6 is 11.3 Å². The summed E-state index contributed by atoms with van der Waals surface area (Å²) in [6, 6.07) is 14.5. The lowest BCUT2D eigenvalue weighted by Crippen LogP contribution is -2.14. The number of benzene rings is 2. The number of carbonyl (C=O) groups excluding carboxylic acids is 1. The van der Waals surface area contributed by atoms with Gasteiger partial charge in [0.15, 0.2) is 16.5 Å². The first-order valence-electron chi connectivity index (χ1n) is 10.7. The molecule has 2 heterocycles. The molecule has 7 nitrogen and oxygen atoms in total. The summed E-state index contributed by atoms with van der Waals surface area (Å²) in [7, 11) is 0. The number of para-hydroxylation sites is 1. The second-order valence-corrected chi connectivity index (χ2v) is 8.21. The molecule has 0 aliphatic carbocycles. The fraction of sp³-hybridized carbons (Fsp3) is 0.240. The summed E-state index contributed by atoms with van der Waals surface area (Å²) in [5.41, 5.74) is 1.80. The normalized spacial score (nSPS) is 11.3. The smallest absolute Gasteiger partial charge is 0.331 e. The van der Waals surface area contributed by atoms with Gasteiger partial charge in [0.2, 0.25) is 0 Å². The van der Waals surface area contributed by atoms with E-state index in [4.69, 9.17) is 14.2 Å². The number of hydrogen-bond acceptors (Lipinski definition) is 7. The molecular weight excluding hydrogens is 440 g/mol. The molecule has 4 rings (SSSR count). The zero-order valence-electron chi connectivity index (χ0n) is 18.4. The summed E-state index contributed by atoms with van der Waals surface area (Å²) < 4.78 is 19.2. The maximum atomic E-state index is 12.6. The van der Waals surface area contributed by atoms with E-state index in [0.717, 1.165) is 22.2 Å². The molecule has 0 spiro atoms. The third kappa shape index (κ3) is 5.23. The molecule has 0 fully saturated rings. The third-order valence-electron chi connectivity index (χ3n) is 4.75. The van der Waals surface area contributed by atoms with Gasteiger partial charge in [-0.25, -0.2) is 9.78 Å². The Balaban J connectivity index is 1.44. The average Bonchev–Trinajstić information content (AvgIpc) is 3.20. The minimum atomic E-state index is -0.530. The predicted molar refractivity (Wildman–Crippen MR) is 129 cm³/mol. The second kappa shape index (κ2) is 10.3. The van der Waals surface area contributed by atoms with Crippen molar-refractivity contribution in [1.82, 2.24) is 9.38 Å². The molecule has 0 amide bonds. The topological polar surface area (TPSA) is 79.1 Å². The first kappa shape index (κ1) is 22.5. The summed E-state index contributed by atoms with van der Waals surface area (Å²) in [4.78, 5) is 29.8. The van der Waals surface area contributed by atoms with Crippen LogP contribution in [0.1, 0.15) is 31.5 Å². The van der Waals surface area contributed by atoms with Crippen molar-refractivity contribution >= 4 is 38.6 Å². The van der Waals surface area contributed by atoms with Crippen molar-refractivity contribution in [3.05, 3.63) is 76.2 Å². The van der Waals surface area contributed by atoms with Gasteiger partial charge in [0.05, 0.1) is 29.1 Å². The zero-order chi connectivity index (χ0) is 23.2. The van der Waals surface area contributed by atoms with Gasteiger partial charge in [-0.2, -0.15) is 0 Å². The van der Waals surface area contributed by atoms with E-state index in [1.54, 1.807) is 10.5 Å². The molecule has 0 saturated carbocycles. The number of fused-ring (bicyclic) bond motifs is 3. The van der Waals surface area contributed by atoms with Crippen molar-refractivity contribution < 1.29 is 19.0 Å². The Labute approximate surface area is 194 Å². The van der Waals surface area contributed by atoms with Crippen LogP contribution in [0, 0.1) is 0 Å². The van der Waals surface area contributed by atoms with Gasteiger partial charge in [-0.3, -0.25) is 9.20 Å². The number of hydrogen-bond donors (Lipinski definition) is 0. The molecule has 8 heteroatoms. The van der Waals surface area contributed by atoms with Crippen LogP contribution in [0.2, 0.25) is 0 Å². The molecule has 0 aliphatic rings. The van der Waals surface area contributed by atoms with E-state index in [1.165, 1.54) is 23.5 Å². The van der Waals surface area contributed by atoms with Crippen LogP contribution in [0.4, 0.5) is 0 Å². The van der Waals surface area contributed by atoms with Gasteiger partial charge < -0.3 is 14.2 Å². The molecule has 170 valence electrons. The summed E-state index contributed by atoms with van der Waals surface area (Å²) in [5.74, 6) is 0.771. The van der Waals surface area contributed by atoms with Gasteiger partial charge in [-0.15, -0.1) is 0 Å². The first-order chi connectivity index (χ1) is 16.1. The highest BCUT2D eigenvalue weighted by Gasteiger charge is 2.10. The van der Waals surface area contributed by atoms with E-state index >= 15 is 0 Å². The predicted octanol–water partition coefficient (Wildman–Crippen LogP) is 4.85. The van der Waals surface area contributed by atoms with Crippen molar-refractivity contribution in [2.45, 2.75) is 26.9 Å². The van der Waals surface area contributed by atoms with Crippen LogP contribution in [0.15, 0.2) is 59.4 Å². The fourth-order valence-corrected chi connectivity index (χ4v) is 4.33. The molecule has 0 radical (unpaired) electrons. The summed E-state index contributed by atoms with van der Waals surface area (Å²) in [5, 5.41) is 0. The Bertz CT molecular complexity index is 1370. The summed E-state index contributed by atoms with van der Waals surface area (Å²) >= 11 is 1.42. The number of nitrogens with zero attached hydrogens (tertiary/aromatic N) is 2. The van der Waals surface area contributed by atoms with Gasteiger partial charge in [0, 0.05) is 12.1 Å². The van der Waals surface area contributed by atoms with Crippen LogP contribution in [0.25, 0.3) is 21.3 Å². The van der Waals surface area contributed by atoms with Crippen LogP contribution in [0.5, 0.6) is 11.5 Å². The van der Waals surface area contributed by atoms with Crippen molar-refractivity contribution in [3.8, 4) is 11.5 Å². The molecule has 0 N–H and O–H groups in total. The van der Waals surface area contributed by atoms with E-state index in [0.29, 0.717) is 35.4 Å². The standard InChI is InChI=1S/C25H24N2O5S/c1-3-13-31-20-11-9-17(14-21(20)30-4-2)10-12-24(29)32-16-18-15-23(28)27-19-7-5-6-8-22(19)33-25(27)26-18/h5-12,14-15H,3-4,13,16H2,1-2H3/b12-10+. The van der Waals surface area contributed by atoms with Crippen LogP contribution in [0.3, 0.4) is 0 Å². The number of aromatic nitrogens is 2. The quantitative estimate of drug-likeness (QED) is 0.260. The lowest BCUT2D eigenvalue weighted by atomic mass is 10.2. The summed E-state index contributed by atoms with van der Waals surface area (Å²) in [6.45, 7) is 4.97. The number of carbonyl (C=O) groups is 1.